The minimum absolute atomic E-state index is 0.514. The zero-order chi connectivity index (χ0) is 14.9. The lowest BCUT2D eigenvalue weighted by Gasteiger charge is -2.05. The number of pyridine rings is 1. The summed E-state index contributed by atoms with van der Waals surface area (Å²) in [6.45, 7) is 3.71. The Bertz CT molecular complexity index is 574. The van der Waals surface area contributed by atoms with Gasteiger partial charge < -0.3 is 11.1 Å². The van der Waals surface area contributed by atoms with Crippen molar-refractivity contribution in [1.82, 2.24) is 19.9 Å². The first-order valence-electron chi connectivity index (χ1n) is 7.63. The number of unbranched alkanes of at least 4 members (excludes halogenated alkanes) is 3. The minimum atomic E-state index is 0.514. The maximum Gasteiger partial charge on any atom is 0.188 e. The molecule has 114 valence electrons. The number of nitrogens with two attached hydrogens (primary N) is 1. The van der Waals surface area contributed by atoms with Gasteiger partial charge in [0.2, 0.25) is 0 Å². The van der Waals surface area contributed by atoms with Gasteiger partial charge in [-0.1, -0.05) is 32.3 Å². The molecule has 0 aliphatic rings. The fourth-order valence-electron chi connectivity index (χ4n) is 2.16. The molecule has 3 N–H and O–H groups in total. The van der Waals surface area contributed by atoms with Gasteiger partial charge in [0.05, 0.1) is 0 Å². The van der Waals surface area contributed by atoms with Gasteiger partial charge in [0.25, 0.3) is 0 Å². The van der Waals surface area contributed by atoms with Gasteiger partial charge in [-0.3, -0.25) is 9.39 Å². The number of nitrogens with one attached hydrogen (secondary N) is 1. The van der Waals surface area contributed by atoms with Gasteiger partial charge in [-0.2, -0.15) is 0 Å². The van der Waals surface area contributed by atoms with Crippen LogP contribution in [0.1, 0.15) is 38.4 Å². The lowest BCUT2D eigenvalue weighted by atomic mass is 10.2. The van der Waals surface area contributed by atoms with E-state index in [4.69, 9.17) is 5.73 Å². The summed E-state index contributed by atoms with van der Waals surface area (Å²) in [5.41, 5.74) is 6.70. The first-order valence-corrected chi connectivity index (χ1v) is 7.63. The Morgan fingerprint density at radius 2 is 2.19 bits per heavy atom. The Kier molecular flexibility index (Phi) is 5.99. The van der Waals surface area contributed by atoms with Crippen molar-refractivity contribution in [3.8, 4) is 0 Å². The first kappa shape index (κ1) is 15.3. The van der Waals surface area contributed by atoms with Gasteiger partial charge in [0.15, 0.2) is 11.6 Å². The summed E-state index contributed by atoms with van der Waals surface area (Å²) in [7, 11) is 0. The van der Waals surface area contributed by atoms with Crippen molar-refractivity contribution >= 4 is 11.6 Å². The molecule has 0 aliphatic heterocycles. The second-order valence-corrected chi connectivity index (χ2v) is 5.05. The van der Waals surface area contributed by atoms with Gasteiger partial charge in [0, 0.05) is 25.7 Å². The van der Waals surface area contributed by atoms with E-state index in [0.29, 0.717) is 12.5 Å². The van der Waals surface area contributed by atoms with E-state index < -0.39 is 0 Å². The number of guanidine groups is 1. The highest BCUT2D eigenvalue weighted by Crippen LogP contribution is 2.02. The molecule has 6 heteroatoms. The highest BCUT2D eigenvalue weighted by atomic mass is 15.2. The average molecular weight is 288 g/mol. The minimum Gasteiger partial charge on any atom is -0.370 e. The zero-order valence-electron chi connectivity index (χ0n) is 12.6. The second kappa shape index (κ2) is 8.24. The second-order valence-electron chi connectivity index (χ2n) is 5.05. The normalized spacial score (nSPS) is 12.0. The van der Waals surface area contributed by atoms with Crippen LogP contribution in [-0.4, -0.2) is 33.6 Å². The molecule has 0 fully saturated rings. The van der Waals surface area contributed by atoms with E-state index in [9.17, 15) is 0 Å². The molecule has 0 bridgehead atoms. The highest BCUT2D eigenvalue weighted by Gasteiger charge is 2.03. The molecule has 0 amide bonds. The van der Waals surface area contributed by atoms with Crippen LogP contribution in [0.25, 0.3) is 5.65 Å². The zero-order valence-corrected chi connectivity index (χ0v) is 12.6. The van der Waals surface area contributed by atoms with Crippen molar-refractivity contribution in [2.45, 2.75) is 39.0 Å². The van der Waals surface area contributed by atoms with Gasteiger partial charge in [-0.15, -0.1) is 10.2 Å². The van der Waals surface area contributed by atoms with Crippen LogP contribution >= 0.6 is 0 Å². The molecular formula is C15H24N6. The van der Waals surface area contributed by atoms with Gasteiger partial charge in [-0.25, -0.2) is 0 Å². The van der Waals surface area contributed by atoms with E-state index in [-0.39, 0.29) is 0 Å². The molecule has 0 saturated heterocycles. The van der Waals surface area contributed by atoms with Crippen molar-refractivity contribution in [2.75, 3.05) is 13.1 Å². The molecule has 0 atom stereocenters. The monoisotopic (exact) mass is 288 g/mol. The number of hydrogen-bond donors (Lipinski definition) is 2. The van der Waals surface area contributed by atoms with Crippen LogP contribution in [0.2, 0.25) is 0 Å². The molecule has 6 nitrogen and oxygen atoms in total. The molecule has 0 unspecified atom stereocenters. The fraction of sp³-hybridized carbons (Fsp3) is 0.533. The lowest BCUT2D eigenvalue weighted by molar-refractivity contribution is 0.672. The quantitative estimate of drug-likeness (QED) is 0.440. The van der Waals surface area contributed by atoms with E-state index in [1.54, 1.807) is 0 Å². The van der Waals surface area contributed by atoms with E-state index in [1.165, 1.54) is 19.3 Å². The fourth-order valence-corrected chi connectivity index (χ4v) is 2.16. The summed E-state index contributed by atoms with van der Waals surface area (Å²) < 4.78 is 1.99. The van der Waals surface area contributed by atoms with Crippen LogP contribution < -0.4 is 11.1 Å². The summed E-state index contributed by atoms with van der Waals surface area (Å²) in [5.74, 6) is 1.44. The summed E-state index contributed by atoms with van der Waals surface area (Å²) in [6, 6.07) is 5.87. The summed E-state index contributed by atoms with van der Waals surface area (Å²) in [6.07, 6.45) is 7.56. The molecule has 2 heterocycles. The largest absolute Gasteiger partial charge is 0.370 e. The van der Waals surface area contributed by atoms with Crippen LogP contribution in [0.5, 0.6) is 0 Å². The first-order chi connectivity index (χ1) is 10.3. The summed E-state index contributed by atoms with van der Waals surface area (Å²) in [4.78, 5) is 4.32. The Morgan fingerprint density at radius 1 is 1.29 bits per heavy atom. The predicted molar refractivity (Wildman–Crippen MR) is 85.3 cm³/mol. The predicted octanol–water partition coefficient (Wildman–Crippen LogP) is 1.76. The number of aliphatic imine (C=N–C) groups is 1. The Balaban J connectivity index is 1.72. The van der Waals surface area contributed by atoms with Crippen molar-refractivity contribution in [2.24, 2.45) is 10.7 Å². The lowest BCUT2D eigenvalue weighted by Crippen LogP contribution is -2.33. The smallest absolute Gasteiger partial charge is 0.188 e. The molecule has 0 aromatic carbocycles. The van der Waals surface area contributed by atoms with E-state index in [2.05, 4.69) is 27.4 Å². The van der Waals surface area contributed by atoms with Crippen molar-refractivity contribution in [3.05, 3.63) is 30.2 Å². The molecule has 2 aromatic rings. The molecule has 0 saturated carbocycles. The average Bonchev–Trinajstić information content (AvgIpc) is 2.91. The van der Waals surface area contributed by atoms with Crippen LogP contribution in [-0.2, 0) is 6.42 Å². The molecule has 2 rings (SSSR count). The number of fused-ring (bicyclic) bond motifs is 1. The Hall–Kier alpha value is -2.11. The number of hydrogen-bond acceptors (Lipinski definition) is 3. The van der Waals surface area contributed by atoms with Crippen LogP contribution in [0.15, 0.2) is 29.4 Å². The topological polar surface area (TPSA) is 80.6 Å². The van der Waals surface area contributed by atoms with Gasteiger partial charge in [0.1, 0.15) is 5.82 Å². The van der Waals surface area contributed by atoms with Crippen molar-refractivity contribution in [3.63, 3.8) is 0 Å². The van der Waals surface area contributed by atoms with E-state index in [0.717, 1.165) is 30.9 Å². The van der Waals surface area contributed by atoms with Crippen molar-refractivity contribution < 1.29 is 0 Å². The molecular weight excluding hydrogens is 264 g/mol. The number of aromatic nitrogens is 3. The van der Waals surface area contributed by atoms with Gasteiger partial charge in [-0.05, 0) is 18.6 Å². The maximum atomic E-state index is 5.84. The number of nitrogens with zero attached hydrogens (tertiary/aromatic N) is 4. The SMILES string of the molecule is CCCCCCN=C(N)NCCc1nnc2ccccn12. The third kappa shape index (κ3) is 4.73. The maximum absolute atomic E-state index is 5.84. The van der Waals surface area contributed by atoms with Crippen LogP contribution in [0.3, 0.4) is 0 Å². The summed E-state index contributed by atoms with van der Waals surface area (Å²) >= 11 is 0. The third-order valence-corrected chi connectivity index (χ3v) is 3.33. The molecule has 2 aromatic heterocycles. The van der Waals surface area contributed by atoms with Gasteiger partial charge >= 0.3 is 0 Å². The van der Waals surface area contributed by atoms with Crippen LogP contribution in [0, 0.1) is 0 Å². The molecule has 21 heavy (non-hydrogen) atoms. The molecule has 0 radical (unpaired) electrons. The van der Waals surface area contributed by atoms with Crippen molar-refractivity contribution in [1.29, 1.82) is 0 Å². The number of rotatable bonds is 8. The van der Waals surface area contributed by atoms with Crippen LogP contribution in [0.4, 0.5) is 0 Å². The Morgan fingerprint density at radius 3 is 3.05 bits per heavy atom. The van der Waals surface area contributed by atoms with E-state index in [1.807, 2.05) is 28.8 Å². The van der Waals surface area contributed by atoms with E-state index >= 15 is 0 Å². The molecule has 0 spiro atoms. The summed E-state index contributed by atoms with van der Waals surface area (Å²) in [5, 5.41) is 11.4. The standard InChI is InChI=1S/C15H24N6/c1-2-3-4-6-10-17-15(16)18-11-9-14-20-19-13-8-5-7-12-21(13)14/h5,7-8,12H,2-4,6,9-11H2,1H3,(H3,16,17,18). The molecule has 0 aliphatic carbocycles. The highest BCUT2D eigenvalue weighted by molar-refractivity contribution is 5.77. The third-order valence-electron chi connectivity index (χ3n) is 3.33. The Labute approximate surface area is 125 Å².